The zero-order chi connectivity index (χ0) is 10.1. The third-order valence-corrected chi connectivity index (χ3v) is 4.76. The highest BCUT2D eigenvalue weighted by Gasteiger charge is 2.22. The Hall–Kier alpha value is 0.140. The highest BCUT2D eigenvalue weighted by molar-refractivity contribution is 9.11. The predicted molar refractivity (Wildman–Crippen MR) is 61.5 cm³/mol. The van der Waals surface area contributed by atoms with E-state index in [-0.39, 0.29) is 12.0 Å². The van der Waals surface area contributed by atoms with E-state index in [1.165, 1.54) is 14.2 Å². The highest BCUT2D eigenvalue weighted by atomic mass is 79.9. The maximum atomic E-state index is 8.93. The van der Waals surface area contributed by atoms with Crippen molar-refractivity contribution in [2.24, 2.45) is 0 Å². The quantitative estimate of drug-likeness (QED) is 0.885. The van der Waals surface area contributed by atoms with Crippen molar-refractivity contribution in [3.8, 4) is 0 Å². The summed E-state index contributed by atoms with van der Waals surface area (Å²) in [5, 5.41) is 8.93. The van der Waals surface area contributed by atoms with E-state index >= 15 is 0 Å². The molecule has 0 atom stereocenters. The van der Waals surface area contributed by atoms with Gasteiger partial charge in [-0.25, -0.2) is 0 Å². The Bertz CT molecular complexity index is 272. The lowest BCUT2D eigenvalue weighted by atomic mass is 9.88. The van der Waals surface area contributed by atoms with Gasteiger partial charge < -0.3 is 5.11 Å². The summed E-state index contributed by atoms with van der Waals surface area (Å²) in [6.07, 6.45) is 0.819. The van der Waals surface area contributed by atoms with Crippen molar-refractivity contribution in [2.75, 3.05) is 6.61 Å². The zero-order valence-electron chi connectivity index (χ0n) is 8.22. The fourth-order valence-corrected chi connectivity index (χ4v) is 2.86. The van der Waals surface area contributed by atoms with Crippen LogP contribution in [0.15, 0.2) is 9.85 Å². The fourth-order valence-electron chi connectivity index (χ4n) is 1.20. The number of aliphatic hydroxyl groups is 1. The molecule has 3 heteroatoms. The molecule has 0 saturated heterocycles. The third kappa shape index (κ3) is 2.55. The van der Waals surface area contributed by atoms with Crippen LogP contribution in [0.4, 0.5) is 0 Å². The third-order valence-electron chi connectivity index (χ3n) is 2.26. The van der Waals surface area contributed by atoms with Crippen LogP contribution in [0, 0.1) is 6.92 Å². The monoisotopic (exact) mass is 262 g/mol. The highest BCUT2D eigenvalue weighted by Crippen LogP contribution is 2.37. The number of rotatable bonds is 3. The number of hydrogen-bond donors (Lipinski definition) is 1. The molecule has 1 N–H and O–H groups in total. The Balaban J connectivity index is 2.93. The lowest BCUT2D eigenvalue weighted by molar-refractivity contribution is 0.254. The summed E-state index contributed by atoms with van der Waals surface area (Å²) in [5.41, 5.74) is 1.38. The lowest BCUT2D eigenvalue weighted by Gasteiger charge is -2.21. The maximum absolute atomic E-state index is 8.93. The van der Waals surface area contributed by atoms with Gasteiger partial charge in [-0.3, -0.25) is 0 Å². The van der Waals surface area contributed by atoms with Crippen LogP contribution in [0.25, 0.3) is 0 Å². The van der Waals surface area contributed by atoms with E-state index < -0.39 is 0 Å². The summed E-state index contributed by atoms with van der Waals surface area (Å²) in [5.74, 6) is 0. The predicted octanol–water partition coefficient (Wildman–Crippen LogP) is 3.48. The summed E-state index contributed by atoms with van der Waals surface area (Å²) >= 11 is 5.28. The van der Waals surface area contributed by atoms with Gasteiger partial charge in [0.25, 0.3) is 0 Å². The van der Waals surface area contributed by atoms with Crippen molar-refractivity contribution >= 4 is 27.3 Å². The van der Waals surface area contributed by atoms with Gasteiger partial charge in [0.1, 0.15) is 0 Å². The van der Waals surface area contributed by atoms with Gasteiger partial charge >= 0.3 is 0 Å². The molecule has 0 aliphatic rings. The maximum Gasteiger partial charge on any atom is 0.0730 e. The molecule has 0 aromatic carbocycles. The summed E-state index contributed by atoms with van der Waals surface area (Å²) in [7, 11) is 0. The van der Waals surface area contributed by atoms with E-state index in [2.05, 4.69) is 42.8 Å². The topological polar surface area (TPSA) is 20.2 Å². The molecule has 13 heavy (non-hydrogen) atoms. The van der Waals surface area contributed by atoms with Crippen LogP contribution in [-0.2, 0) is 5.41 Å². The van der Waals surface area contributed by atoms with Crippen LogP contribution < -0.4 is 0 Å². The van der Waals surface area contributed by atoms with Crippen molar-refractivity contribution in [3.05, 3.63) is 20.3 Å². The Morgan fingerprint density at radius 3 is 2.54 bits per heavy atom. The minimum Gasteiger partial charge on any atom is -0.396 e. The van der Waals surface area contributed by atoms with Crippen LogP contribution in [-0.4, -0.2) is 11.7 Å². The molecule has 0 bridgehead atoms. The first-order chi connectivity index (χ1) is 5.97. The van der Waals surface area contributed by atoms with Crippen LogP contribution in [0.2, 0.25) is 0 Å². The van der Waals surface area contributed by atoms with Gasteiger partial charge in [-0.1, -0.05) is 13.8 Å². The molecule has 74 valence electrons. The van der Waals surface area contributed by atoms with Crippen LogP contribution in [0.5, 0.6) is 0 Å². The van der Waals surface area contributed by atoms with Gasteiger partial charge in [0, 0.05) is 16.9 Å². The molecular formula is C10H15BrOS. The standard InChI is InChI=1S/C10H15BrOS/c1-7-6-8(13-9(7)11)10(2,3)4-5-12/h6,12H,4-5H2,1-3H3. The van der Waals surface area contributed by atoms with E-state index in [0.29, 0.717) is 0 Å². The van der Waals surface area contributed by atoms with Gasteiger partial charge in [0.05, 0.1) is 3.79 Å². The normalized spacial score (nSPS) is 12.1. The molecule has 1 aromatic rings. The number of halogens is 1. The molecule has 0 unspecified atom stereocenters. The summed E-state index contributed by atoms with van der Waals surface area (Å²) in [6, 6.07) is 2.20. The molecule has 1 heterocycles. The first-order valence-electron chi connectivity index (χ1n) is 4.34. The Morgan fingerprint density at radius 1 is 1.54 bits per heavy atom. The number of aliphatic hydroxyl groups excluding tert-OH is 1. The van der Waals surface area contributed by atoms with E-state index in [4.69, 9.17) is 5.11 Å². The Morgan fingerprint density at radius 2 is 2.15 bits per heavy atom. The minimum absolute atomic E-state index is 0.0934. The number of thiophene rings is 1. The van der Waals surface area contributed by atoms with Crippen molar-refractivity contribution in [2.45, 2.75) is 32.6 Å². The van der Waals surface area contributed by atoms with E-state index in [1.54, 1.807) is 11.3 Å². The molecule has 1 rings (SSSR count). The van der Waals surface area contributed by atoms with Crippen molar-refractivity contribution in [3.63, 3.8) is 0 Å². The molecule has 0 aliphatic carbocycles. The average molecular weight is 263 g/mol. The number of aryl methyl sites for hydroxylation is 1. The van der Waals surface area contributed by atoms with E-state index in [9.17, 15) is 0 Å². The molecule has 0 aliphatic heterocycles. The average Bonchev–Trinajstić information content (AvgIpc) is 2.33. The molecule has 0 spiro atoms. The van der Waals surface area contributed by atoms with Gasteiger partial charge in [-0.05, 0) is 40.9 Å². The van der Waals surface area contributed by atoms with Gasteiger partial charge in [0.15, 0.2) is 0 Å². The Kier molecular flexibility index (Phi) is 3.55. The van der Waals surface area contributed by atoms with Crippen molar-refractivity contribution < 1.29 is 5.11 Å². The van der Waals surface area contributed by atoms with Crippen LogP contribution in [0.3, 0.4) is 0 Å². The first-order valence-corrected chi connectivity index (χ1v) is 5.95. The van der Waals surface area contributed by atoms with E-state index in [0.717, 1.165) is 6.42 Å². The fraction of sp³-hybridized carbons (Fsp3) is 0.600. The summed E-state index contributed by atoms with van der Waals surface area (Å²) in [6.45, 7) is 6.68. The summed E-state index contributed by atoms with van der Waals surface area (Å²) in [4.78, 5) is 1.34. The Labute approximate surface area is 91.9 Å². The second kappa shape index (κ2) is 4.11. The smallest absolute Gasteiger partial charge is 0.0730 e. The number of hydrogen-bond acceptors (Lipinski definition) is 2. The van der Waals surface area contributed by atoms with Gasteiger partial charge in [0.2, 0.25) is 0 Å². The van der Waals surface area contributed by atoms with Crippen molar-refractivity contribution in [1.82, 2.24) is 0 Å². The zero-order valence-corrected chi connectivity index (χ0v) is 10.6. The molecular weight excluding hydrogens is 248 g/mol. The van der Waals surface area contributed by atoms with Gasteiger partial charge in [-0.15, -0.1) is 11.3 Å². The molecule has 0 radical (unpaired) electrons. The van der Waals surface area contributed by atoms with E-state index in [1.807, 2.05) is 0 Å². The lowest BCUT2D eigenvalue weighted by Crippen LogP contribution is -2.16. The molecule has 0 fully saturated rings. The SMILES string of the molecule is Cc1cc(C(C)(C)CCO)sc1Br. The van der Waals surface area contributed by atoms with Crippen LogP contribution >= 0.6 is 27.3 Å². The second-order valence-electron chi connectivity index (χ2n) is 3.92. The molecule has 1 aromatic heterocycles. The first kappa shape index (κ1) is 11.2. The second-order valence-corrected chi connectivity index (χ2v) is 6.29. The van der Waals surface area contributed by atoms with Crippen molar-refractivity contribution in [1.29, 1.82) is 0 Å². The molecule has 0 amide bonds. The van der Waals surface area contributed by atoms with Crippen LogP contribution in [0.1, 0.15) is 30.7 Å². The minimum atomic E-state index is 0.0934. The largest absolute Gasteiger partial charge is 0.396 e. The molecule has 1 nitrogen and oxygen atoms in total. The summed E-state index contributed by atoms with van der Waals surface area (Å²) < 4.78 is 1.20. The molecule has 0 saturated carbocycles. The van der Waals surface area contributed by atoms with Gasteiger partial charge in [-0.2, -0.15) is 0 Å².